The fraction of sp³-hybridized carbons (Fsp3) is 0.280. The van der Waals surface area contributed by atoms with Crippen LogP contribution in [-0.2, 0) is 11.2 Å². The van der Waals surface area contributed by atoms with Crippen molar-refractivity contribution >= 4 is 22.5 Å². The minimum atomic E-state index is -0.0378. The Morgan fingerprint density at radius 1 is 1.13 bits per heavy atom. The number of hydrogen-bond acceptors (Lipinski definition) is 4. The topological polar surface area (TPSA) is 74.2 Å². The van der Waals surface area contributed by atoms with E-state index in [1.165, 1.54) is 10.9 Å². The van der Waals surface area contributed by atoms with Gasteiger partial charge in [0, 0.05) is 54.9 Å². The van der Waals surface area contributed by atoms with E-state index in [0.717, 1.165) is 28.0 Å². The molecule has 0 spiro atoms. The zero-order valence-corrected chi connectivity index (χ0v) is 18.4. The van der Waals surface area contributed by atoms with Crippen LogP contribution < -0.4 is 10.2 Å². The van der Waals surface area contributed by atoms with Gasteiger partial charge in [-0.25, -0.2) is 0 Å². The fourth-order valence-corrected chi connectivity index (χ4v) is 3.99. The number of fused-ring (bicyclic) bond motifs is 1. The summed E-state index contributed by atoms with van der Waals surface area (Å²) in [7, 11) is 4.06. The predicted octanol–water partition coefficient (Wildman–Crippen LogP) is 4.33. The summed E-state index contributed by atoms with van der Waals surface area (Å²) in [6.45, 7) is 4.20. The molecule has 0 saturated carbocycles. The molecule has 1 atom stereocenters. The standard InChI is InChI=1S/C25H28N4O2/c1-16-21(17(2)31-28-16)13-25(30)27-14-22(18-9-11-19(12-10-18)29(3)4)23-15-26-24-8-6-5-7-20(23)24/h5-12,15,22,26H,13-14H2,1-4H3,(H,27,30)/t22-/m0/s1. The Balaban J connectivity index is 1.60. The lowest BCUT2D eigenvalue weighted by Crippen LogP contribution is -2.30. The van der Waals surface area contributed by atoms with Gasteiger partial charge in [-0.2, -0.15) is 0 Å². The molecule has 1 amide bonds. The van der Waals surface area contributed by atoms with Crippen molar-refractivity contribution in [3.8, 4) is 0 Å². The minimum Gasteiger partial charge on any atom is -0.378 e. The lowest BCUT2D eigenvalue weighted by Gasteiger charge is -2.20. The number of benzene rings is 2. The Hall–Kier alpha value is -3.54. The largest absolute Gasteiger partial charge is 0.378 e. The zero-order valence-electron chi connectivity index (χ0n) is 18.4. The number of nitrogens with zero attached hydrogens (tertiary/aromatic N) is 2. The minimum absolute atomic E-state index is 0.0287. The van der Waals surface area contributed by atoms with Crippen molar-refractivity contribution in [1.29, 1.82) is 0 Å². The van der Waals surface area contributed by atoms with Crippen molar-refractivity contribution in [2.45, 2.75) is 26.2 Å². The zero-order chi connectivity index (χ0) is 22.0. The molecular formula is C25H28N4O2. The van der Waals surface area contributed by atoms with Crippen LogP contribution in [0.15, 0.2) is 59.3 Å². The molecule has 0 aliphatic carbocycles. The second kappa shape index (κ2) is 8.68. The molecule has 2 aromatic heterocycles. The van der Waals surface area contributed by atoms with Gasteiger partial charge in [-0.1, -0.05) is 35.5 Å². The monoisotopic (exact) mass is 416 g/mol. The van der Waals surface area contributed by atoms with Gasteiger partial charge in [-0.15, -0.1) is 0 Å². The Morgan fingerprint density at radius 3 is 2.55 bits per heavy atom. The first-order valence-electron chi connectivity index (χ1n) is 10.5. The summed E-state index contributed by atoms with van der Waals surface area (Å²) in [4.78, 5) is 18.2. The highest BCUT2D eigenvalue weighted by atomic mass is 16.5. The molecule has 0 fully saturated rings. The maximum Gasteiger partial charge on any atom is 0.224 e. The summed E-state index contributed by atoms with van der Waals surface area (Å²) >= 11 is 0. The maximum atomic E-state index is 12.7. The first-order valence-corrected chi connectivity index (χ1v) is 10.5. The lowest BCUT2D eigenvalue weighted by molar-refractivity contribution is -0.120. The van der Waals surface area contributed by atoms with Crippen molar-refractivity contribution in [3.63, 3.8) is 0 Å². The number of rotatable bonds is 7. The Bertz CT molecular complexity index is 1170. The molecule has 6 heteroatoms. The van der Waals surface area contributed by atoms with E-state index >= 15 is 0 Å². The number of aromatic nitrogens is 2. The van der Waals surface area contributed by atoms with E-state index < -0.39 is 0 Å². The first-order chi connectivity index (χ1) is 14.9. The highest BCUT2D eigenvalue weighted by Crippen LogP contribution is 2.31. The molecule has 0 bridgehead atoms. The van der Waals surface area contributed by atoms with Gasteiger partial charge in [0.1, 0.15) is 5.76 Å². The summed E-state index contributed by atoms with van der Waals surface area (Å²) in [5.74, 6) is 0.685. The van der Waals surface area contributed by atoms with Crippen LogP contribution in [0.2, 0.25) is 0 Å². The van der Waals surface area contributed by atoms with Crippen LogP contribution in [0, 0.1) is 13.8 Å². The average Bonchev–Trinajstić information content (AvgIpc) is 3.33. The third kappa shape index (κ3) is 4.33. The van der Waals surface area contributed by atoms with E-state index in [0.29, 0.717) is 12.3 Å². The van der Waals surface area contributed by atoms with E-state index in [-0.39, 0.29) is 18.2 Å². The predicted molar refractivity (Wildman–Crippen MR) is 124 cm³/mol. The Labute approximate surface area is 182 Å². The van der Waals surface area contributed by atoms with Crippen LogP contribution in [0.5, 0.6) is 0 Å². The van der Waals surface area contributed by atoms with Crippen LogP contribution >= 0.6 is 0 Å². The van der Waals surface area contributed by atoms with Crippen molar-refractivity contribution in [2.75, 3.05) is 25.5 Å². The third-order valence-corrected chi connectivity index (χ3v) is 5.83. The SMILES string of the molecule is Cc1noc(C)c1CC(=O)NC[C@@H](c1ccc(N(C)C)cc1)c1c[nH]c2ccccc12. The lowest BCUT2D eigenvalue weighted by atomic mass is 9.90. The van der Waals surface area contributed by atoms with E-state index in [4.69, 9.17) is 4.52 Å². The van der Waals surface area contributed by atoms with Gasteiger partial charge >= 0.3 is 0 Å². The first kappa shape index (κ1) is 20.7. The van der Waals surface area contributed by atoms with Crippen LogP contribution in [0.1, 0.15) is 34.1 Å². The van der Waals surface area contributed by atoms with Crippen LogP contribution in [0.25, 0.3) is 10.9 Å². The summed E-state index contributed by atoms with van der Waals surface area (Å²) in [6.07, 6.45) is 2.32. The van der Waals surface area contributed by atoms with Gasteiger partial charge in [-0.3, -0.25) is 4.79 Å². The van der Waals surface area contributed by atoms with Crippen LogP contribution in [0.4, 0.5) is 5.69 Å². The molecule has 4 aromatic rings. The average molecular weight is 417 g/mol. The number of amides is 1. The molecule has 6 nitrogen and oxygen atoms in total. The molecule has 4 rings (SSSR count). The second-order valence-corrected chi connectivity index (χ2v) is 8.11. The molecule has 2 N–H and O–H groups in total. The summed E-state index contributed by atoms with van der Waals surface area (Å²) in [5.41, 5.74) is 6.19. The molecule has 2 aromatic carbocycles. The number of aryl methyl sites for hydroxylation is 2. The van der Waals surface area contributed by atoms with Gasteiger partial charge < -0.3 is 19.7 Å². The van der Waals surface area contributed by atoms with Crippen LogP contribution in [0.3, 0.4) is 0 Å². The van der Waals surface area contributed by atoms with Crippen molar-refractivity contribution in [3.05, 3.63) is 82.9 Å². The number of aromatic amines is 1. The van der Waals surface area contributed by atoms with E-state index in [9.17, 15) is 4.79 Å². The fourth-order valence-electron chi connectivity index (χ4n) is 3.99. The van der Waals surface area contributed by atoms with Crippen LogP contribution in [-0.4, -0.2) is 36.7 Å². The number of hydrogen-bond donors (Lipinski definition) is 2. The Kier molecular flexibility index (Phi) is 5.80. The van der Waals surface area contributed by atoms with E-state index in [1.54, 1.807) is 0 Å². The molecule has 0 unspecified atom stereocenters. The summed E-state index contributed by atoms with van der Waals surface area (Å²) in [5, 5.41) is 8.25. The molecule has 160 valence electrons. The number of anilines is 1. The summed E-state index contributed by atoms with van der Waals surface area (Å²) < 4.78 is 5.19. The van der Waals surface area contributed by atoms with Crippen molar-refractivity contribution in [2.24, 2.45) is 0 Å². The van der Waals surface area contributed by atoms with E-state index in [1.807, 2.05) is 40.1 Å². The van der Waals surface area contributed by atoms with Gasteiger partial charge in [0.25, 0.3) is 0 Å². The molecule has 0 saturated heterocycles. The summed E-state index contributed by atoms with van der Waals surface area (Å²) in [6, 6.07) is 16.8. The van der Waals surface area contributed by atoms with Gasteiger partial charge in [0.2, 0.25) is 5.91 Å². The quantitative estimate of drug-likeness (QED) is 0.470. The maximum absolute atomic E-state index is 12.7. The molecule has 0 radical (unpaired) electrons. The molecule has 2 heterocycles. The number of carbonyl (C=O) groups excluding carboxylic acids is 1. The smallest absolute Gasteiger partial charge is 0.224 e. The third-order valence-electron chi connectivity index (χ3n) is 5.83. The van der Waals surface area contributed by atoms with Crippen molar-refractivity contribution < 1.29 is 9.32 Å². The molecule has 0 aliphatic heterocycles. The molecule has 31 heavy (non-hydrogen) atoms. The number of H-pyrrole nitrogens is 1. The van der Waals surface area contributed by atoms with Crippen molar-refractivity contribution in [1.82, 2.24) is 15.5 Å². The van der Waals surface area contributed by atoms with Gasteiger partial charge in [0.15, 0.2) is 0 Å². The van der Waals surface area contributed by atoms with Gasteiger partial charge in [-0.05, 0) is 43.2 Å². The van der Waals surface area contributed by atoms with E-state index in [2.05, 4.69) is 63.0 Å². The number of carbonyl (C=O) groups is 1. The normalized spacial score (nSPS) is 12.1. The molecule has 0 aliphatic rings. The number of nitrogens with one attached hydrogen (secondary N) is 2. The second-order valence-electron chi connectivity index (χ2n) is 8.11. The number of para-hydroxylation sites is 1. The highest BCUT2D eigenvalue weighted by Gasteiger charge is 2.20. The highest BCUT2D eigenvalue weighted by molar-refractivity contribution is 5.84. The molecular weight excluding hydrogens is 388 g/mol. The Morgan fingerprint density at radius 2 is 1.87 bits per heavy atom. The van der Waals surface area contributed by atoms with Gasteiger partial charge in [0.05, 0.1) is 12.1 Å².